The number of hydrogen-bond acceptors (Lipinski definition) is 4. The fourth-order valence-electron chi connectivity index (χ4n) is 2.95. The quantitative estimate of drug-likeness (QED) is 0.755. The molecule has 0 spiro atoms. The van der Waals surface area contributed by atoms with Crippen molar-refractivity contribution < 1.29 is 0 Å². The van der Waals surface area contributed by atoms with Crippen molar-refractivity contribution in [1.82, 2.24) is 19.6 Å². The van der Waals surface area contributed by atoms with Gasteiger partial charge in [-0.05, 0) is 25.7 Å². The Hall–Kier alpha value is -1.65. The molecule has 5 heteroatoms. The number of anilines is 1. The Morgan fingerprint density at radius 1 is 1.19 bits per heavy atom. The zero-order valence-corrected chi connectivity index (χ0v) is 12.9. The monoisotopic (exact) mass is 287 g/mol. The Morgan fingerprint density at radius 3 is 2.71 bits per heavy atom. The number of hydrogen-bond donors (Lipinski definition) is 1. The lowest BCUT2D eigenvalue weighted by Crippen LogP contribution is -2.10. The van der Waals surface area contributed by atoms with Gasteiger partial charge in [0.2, 0.25) is 0 Å². The summed E-state index contributed by atoms with van der Waals surface area (Å²) >= 11 is 0. The van der Waals surface area contributed by atoms with Gasteiger partial charge in [-0.2, -0.15) is 14.6 Å². The highest BCUT2D eigenvalue weighted by atomic mass is 15.3. The van der Waals surface area contributed by atoms with Gasteiger partial charge in [0.1, 0.15) is 12.1 Å². The van der Waals surface area contributed by atoms with Crippen molar-refractivity contribution in [2.75, 3.05) is 5.73 Å². The Morgan fingerprint density at radius 2 is 1.95 bits per heavy atom. The van der Waals surface area contributed by atoms with Crippen molar-refractivity contribution in [2.24, 2.45) is 0 Å². The molecule has 2 heterocycles. The van der Waals surface area contributed by atoms with Crippen LogP contribution in [-0.2, 0) is 6.42 Å². The van der Waals surface area contributed by atoms with Crippen molar-refractivity contribution in [3.63, 3.8) is 0 Å². The molecule has 2 N–H and O–H groups in total. The number of aromatic nitrogens is 4. The number of fused-ring (bicyclic) bond motifs is 1. The van der Waals surface area contributed by atoms with Crippen LogP contribution in [-0.4, -0.2) is 19.6 Å². The van der Waals surface area contributed by atoms with Gasteiger partial charge in [-0.1, -0.05) is 39.0 Å². The van der Waals surface area contributed by atoms with Crippen LogP contribution in [0.25, 0.3) is 5.78 Å². The van der Waals surface area contributed by atoms with E-state index < -0.39 is 0 Å². The maximum Gasteiger partial charge on any atom is 0.254 e. The van der Waals surface area contributed by atoms with Gasteiger partial charge in [-0.15, -0.1) is 0 Å². The fraction of sp³-hybridized carbons (Fsp3) is 0.688. The fourth-order valence-corrected chi connectivity index (χ4v) is 2.95. The van der Waals surface area contributed by atoms with Gasteiger partial charge in [-0.25, -0.2) is 4.98 Å². The van der Waals surface area contributed by atoms with E-state index in [2.05, 4.69) is 17.0 Å². The Balaban J connectivity index is 1.70. The predicted octanol–water partition coefficient (Wildman–Crippen LogP) is 3.49. The van der Waals surface area contributed by atoms with Crippen LogP contribution in [0.5, 0.6) is 0 Å². The van der Waals surface area contributed by atoms with Gasteiger partial charge in [-0.3, -0.25) is 0 Å². The van der Waals surface area contributed by atoms with E-state index in [1.807, 2.05) is 0 Å². The molecule has 2 aromatic rings. The summed E-state index contributed by atoms with van der Waals surface area (Å²) in [5, 5.41) is 4.19. The summed E-state index contributed by atoms with van der Waals surface area (Å²) in [4.78, 5) is 8.88. The minimum absolute atomic E-state index is 0.601. The molecule has 1 aliphatic carbocycles. The lowest BCUT2D eigenvalue weighted by molar-refractivity contribution is 0.605. The van der Waals surface area contributed by atoms with Crippen molar-refractivity contribution in [1.29, 1.82) is 0 Å². The van der Waals surface area contributed by atoms with Gasteiger partial charge >= 0.3 is 0 Å². The summed E-state index contributed by atoms with van der Waals surface area (Å²) in [7, 11) is 0. The minimum atomic E-state index is 0.601. The van der Waals surface area contributed by atoms with E-state index in [0.717, 1.165) is 12.2 Å². The maximum atomic E-state index is 6.31. The molecule has 0 bridgehead atoms. The van der Waals surface area contributed by atoms with Crippen LogP contribution in [0.15, 0.2) is 6.33 Å². The molecule has 2 aromatic heterocycles. The van der Waals surface area contributed by atoms with Gasteiger partial charge in [0.05, 0.1) is 5.69 Å². The maximum absolute atomic E-state index is 6.31. The van der Waals surface area contributed by atoms with Crippen LogP contribution in [0.3, 0.4) is 0 Å². The van der Waals surface area contributed by atoms with Gasteiger partial charge in [0, 0.05) is 11.5 Å². The molecule has 1 aliphatic rings. The summed E-state index contributed by atoms with van der Waals surface area (Å²) < 4.78 is 1.68. The average molecular weight is 287 g/mol. The minimum Gasteiger partial charge on any atom is -0.383 e. The van der Waals surface area contributed by atoms with E-state index in [1.54, 1.807) is 4.52 Å². The summed E-state index contributed by atoms with van der Waals surface area (Å²) in [5.41, 5.74) is 8.71. The highest BCUT2D eigenvalue weighted by molar-refractivity contribution is 5.51. The third kappa shape index (κ3) is 3.17. The zero-order valence-electron chi connectivity index (χ0n) is 12.9. The summed E-state index contributed by atoms with van der Waals surface area (Å²) in [6, 6.07) is 0. The molecule has 0 saturated heterocycles. The van der Waals surface area contributed by atoms with Gasteiger partial charge in [0.15, 0.2) is 0 Å². The van der Waals surface area contributed by atoms with Crippen LogP contribution >= 0.6 is 0 Å². The smallest absolute Gasteiger partial charge is 0.254 e. The van der Waals surface area contributed by atoms with E-state index in [-0.39, 0.29) is 0 Å². The summed E-state index contributed by atoms with van der Waals surface area (Å²) in [6.07, 6.45) is 12.8. The summed E-state index contributed by atoms with van der Waals surface area (Å²) in [5.74, 6) is 1.98. The van der Waals surface area contributed by atoms with Gasteiger partial charge < -0.3 is 5.73 Å². The van der Waals surface area contributed by atoms with E-state index >= 15 is 0 Å². The first-order chi connectivity index (χ1) is 10.3. The highest BCUT2D eigenvalue weighted by Gasteiger charge is 2.29. The molecule has 0 aromatic carbocycles. The molecule has 1 saturated carbocycles. The molecular weight excluding hydrogens is 262 g/mol. The Bertz CT molecular complexity index is 600. The third-order valence-electron chi connectivity index (χ3n) is 4.34. The second kappa shape index (κ2) is 6.41. The first kappa shape index (κ1) is 14.3. The van der Waals surface area contributed by atoms with Crippen LogP contribution in [0.2, 0.25) is 0 Å². The third-order valence-corrected chi connectivity index (χ3v) is 4.34. The molecule has 3 rings (SSSR count). The standard InChI is InChI=1S/C16H25N5/c1-2-3-4-5-6-7-8-13-14(12-9-10-12)20-16-18-11-19-21(16)15(13)17/h11-12H,2-10,17H2,1H3. The molecule has 5 nitrogen and oxygen atoms in total. The molecule has 0 unspecified atom stereocenters. The van der Waals surface area contributed by atoms with Crippen LogP contribution in [0, 0.1) is 0 Å². The van der Waals surface area contributed by atoms with Crippen molar-refractivity contribution >= 4 is 11.6 Å². The second-order valence-corrected chi connectivity index (χ2v) is 6.12. The predicted molar refractivity (Wildman–Crippen MR) is 84.2 cm³/mol. The van der Waals surface area contributed by atoms with Crippen molar-refractivity contribution in [2.45, 2.75) is 70.6 Å². The molecule has 114 valence electrons. The second-order valence-electron chi connectivity index (χ2n) is 6.12. The lowest BCUT2D eigenvalue weighted by atomic mass is 10.0. The SMILES string of the molecule is CCCCCCCCc1c(C2CC2)nc2ncnn2c1N. The van der Waals surface area contributed by atoms with E-state index in [9.17, 15) is 0 Å². The number of unbranched alkanes of at least 4 members (excludes halogenated alkanes) is 5. The molecule has 0 atom stereocenters. The molecule has 0 amide bonds. The van der Waals surface area contributed by atoms with E-state index in [4.69, 9.17) is 10.7 Å². The normalized spacial score (nSPS) is 14.9. The molecule has 0 aliphatic heterocycles. The molecule has 21 heavy (non-hydrogen) atoms. The van der Waals surface area contributed by atoms with E-state index in [1.165, 1.54) is 69.0 Å². The number of nitrogens with zero attached hydrogens (tertiary/aromatic N) is 4. The lowest BCUT2D eigenvalue weighted by Gasteiger charge is -2.12. The molecule has 0 radical (unpaired) electrons. The van der Waals surface area contributed by atoms with Crippen LogP contribution in [0.4, 0.5) is 5.82 Å². The topological polar surface area (TPSA) is 69.1 Å². The zero-order chi connectivity index (χ0) is 14.7. The molecule has 1 fully saturated rings. The number of rotatable bonds is 8. The Kier molecular flexibility index (Phi) is 4.36. The highest BCUT2D eigenvalue weighted by Crippen LogP contribution is 2.42. The first-order valence-electron chi connectivity index (χ1n) is 8.29. The van der Waals surface area contributed by atoms with Crippen molar-refractivity contribution in [3.05, 3.63) is 17.6 Å². The first-order valence-corrected chi connectivity index (χ1v) is 8.29. The van der Waals surface area contributed by atoms with Crippen LogP contribution < -0.4 is 5.73 Å². The number of nitrogen functional groups attached to an aromatic ring is 1. The summed E-state index contributed by atoms with van der Waals surface area (Å²) in [6.45, 7) is 2.25. The largest absolute Gasteiger partial charge is 0.383 e. The van der Waals surface area contributed by atoms with E-state index in [0.29, 0.717) is 11.7 Å². The number of nitrogens with two attached hydrogens (primary N) is 1. The van der Waals surface area contributed by atoms with Gasteiger partial charge in [0.25, 0.3) is 5.78 Å². The van der Waals surface area contributed by atoms with Crippen LogP contribution in [0.1, 0.15) is 75.5 Å². The molecular formula is C16H25N5. The van der Waals surface area contributed by atoms with Crippen molar-refractivity contribution in [3.8, 4) is 0 Å². The average Bonchev–Trinajstić information content (AvgIpc) is 3.22. The Labute approximate surface area is 126 Å².